The van der Waals surface area contributed by atoms with Crippen LogP contribution in [0.5, 0.6) is 0 Å². The van der Waals surface area contributed by atoms with Gasteiger partial charge in [0.2, 0.25) is 5.91 Å². The summed E-state index contributed by atoms with van der Waals surface area (Å²) in [5.74, 6) is -0.882. The summed E-state index contributed by atoms with van der Waals surface area (Å²) in [6.07, 6.45) is 1.71. The highest BCUT2D eigenvalue weighted by Crippen LogP contribution is 2.22. The van der Waals surface area contributed by atoms with Gasteiger partial charge >= 0.3 is 0 Å². The molecule has 3 aromatic rings. The van der Waals surface area contributed by atoms with Crippen molar-refractivity contribution >= 4 is 39.8 Å². The summed E-state index contributed by atoms with van der Waals surface area (Å²) in [5, 5.41) is 0.776. The third-order valence-corrected chi connectivity index (χ3v) is 5.04. The van der Waals surface area contributed by atoms with E-state index in [0.717, 1.165) is 20.7 Å². The van der Waals surface area contributed by atoms with Crippen LogP contribution in [-0.4, -0.2) is 22.6 Å². The van der Waals surface area contributed by atoms with E-state index in [2.05, 4.69) is 15.8 Å². The maximum atomic E-state index is 12.2. The summed E-state index contributed by atoms with van der Waals surface area (Å²) in [5.41, 5.74) is 6.71. The van der Waals surface area contributed by atoms with Gasteiger partial charge in [0.05, 0.1) is 5.56 Å². The standard InChI is InChI=1S/C19H19N3O3S/c1-11-9-14(12(2)26-11)17(23)7-8-18(24)21-22-19(25)15-10-20-16-6-4-3-5-13(15)16/h3-6,9-10,20H,7-8H2,1-2H3,(H,21,24)(H,22,25). The SMILES string of the molecule is Cc1cc(C(=O)CCC(=O)NNC(=O)c2c[nH]c3ccccc23)c(C)s1. The monoisotopic (exact) mass is 369 g/mol. The van der Waals surface area contributed by atoms with Gasteiger partial charge in [0, 0.05) is 45.3 Å². The number of carbonyl (C=O) groups is 3. The van der Waals surface area contributed by atoms with Crippen molar-refractivity contribution in [3.05, 3.63) is 57.4 Å². The Balaban J connectivity index is 1.52. The maximum absolute atomic E-state index is 12.2. The van der Waals surface area contributed by atoms with Gasteiger partial charge in [0.25, 0.3) is 5.91 Å². The molecule has 0 radical (unpaired) electrons. The van der Waals surface area contributed by atoms with Crippen LogP contribution in [0.2, 0.25) is 0 Å². The molecule has 0 bridgehead atoms. The molecule has 2 heterocycles. The molecule has 0 fully saturated rings. The smallest absolute Gasteiger partial charge is 0.271 e. The normalized spacial score (nSPS) is 10.7. The number of nitrogens with one attached hydrogen (secondary N) is 3. The van der Waals surface area contributed by atoms with Crippen LogP contribution in [0.25, 0.3) is 10.9 Å². The molecule has 0 unspecified atom stereocenters. The second-order valence-corrected chi connectivity index (χ2v) is 7.46. The Bertz CT molecular complexity index is 987. The fourth-order valence-electron chi connectivity index (χ4n) is 2.79. The number of benzene rings is 1. The van der Waals surface area contributed by atoms with Gasteiger partial charge in [-0.2, -0.15) is 0 Å². The zero-order valence-corrected chi connectivity index (χ0v) is 15.3. The predicted octanol–water partition coefficient (Wildman–Crippen LogP) is 3.27. The van der Waals surface area contributed by atoms with Crippen molar-refractivity contribution in [2.75, 3.05) is 0 Å². The van der Waals surface area contributed by atoms with Crippen molar-refractivity contribution in [2.24, 2.45) is 0 Å². The lowest BCUT2D eigenvalue weighted by molar-refractivity contribution is -0.121. The molecule has 0 atom stereocenters. The number of hydrazine groups is 1. The molecule has 2 aromatic heterocycles. The number of ketones is 1. The second kappa shape index (κ2) is 7.53. The molecule has 134 valence electrons. The van der Waals surface area contributed by atoms with Crippen molar-refractivity contribution < 1.29 is 14.4 Å². The van der Waals surface area contributed by atoms with Gasteiger partial charge in [-0.15, -0.1) is 11.3 Å². The maximum Gasteiger partial charge on any atom is 0.271 e. The van der Waals surface area contributed by atoms with E-state index in [-0.39, 0.29) is 18.6 Å². The molecule has 0 saturated heterocycles. The largest absolute Gasteiger partial charge is 0.360 e. The van der Waals surface area contributed by atoms with Crippen molar-refractivity contribution in [1.82, 2.24) is 15.8 Å². The third-order valence-electron chi connectivity index (χ3n) is 4.07. The minimum Gasteiger partial charge on any atom is -0.360 e. The molecule has 26 heavy (non-hydrogen) atoms. The van der Waals surface area contributed by atoms with E-state index in [1.54, 1.807) is 17.5 Å². The number of hydrogen-bond donors (Lipinski definition) is 3. The number of rotatable bonds is 5. The Morgan fingerprint density at radius 1 is 1.04 bits per heavy atom. The number of Topliss-reactive ketones (excluding diaryl/α,β-unsaturated/α-hetero) is 1. The van der Waals surface area contributed by atoms with Crippen LogP contribution in [0.1, 0.15) is 43.3 Å². The molecular formula is C19H19N3O3S. The van der Waals surface area contributed by atoms with Gasteiger partial charge in [-0.1, -0.05) is 18.2 Å². The Morgan fingerprint density at radius 3 is 2.54 bits per heavy atom. The molecule has 0 aliphatic rings. The summed E-state index contributed by atoms with van der Waals surface area (Å²) < 4.78 is 0. The van der Waals surface area contributed by atoms with Crippen molar-refractivity contribution in [3.8, 4) is 0 Å². The molecular weight excluding hydrogens is 350 g/mol. The summed E-state index contributed by atoms with van der Waals surface area (Å²) in [6.45, 7) is 3.84. The van der Waals surface area contributed by atoms with E-state index in [1.165, 1.54) is 0 Å². The Morgan fingerprint density at radius 2 is 1.81 bits per heavy atom. The van der Waals surface area contributed by atoms with E-state index in [4.69, 9.17) is 0 Å². The number of fused-ring (bicyclic) bond motifs is 1. The molecule has 1 aromatic carbocycles. The molecule has 0 aliphatic heterocycles. The Labute approximate surface area is 154 Å². The Kier molecular flexibility index (Phi) is 5.18. The van der Waals surface area contributed by atoms with E-state index in [9.17, 15) is 14.4 Å². The number of thiophene rings is 1. The first kappa shape index (κ1) is 17.9. The van der Waals surface area contributed by atoms with Gasteiger partial charge in [-0.05, 0) is 26.0 Å². The molecule has 0 saturated carbocycles. The molecule has 2 amide bonds. The van der Waals surface area contributed by atoms with E-state index >= 15 is 0 Å². The van der Waals surface area contributed by atoms with Crippen LogP contribution in [-0.2, 0) is 4.79 Å². The van der Waals surface area contributed by atoms with Crippen LogP contribution < -0.4 is 10.9 Å². The van der Waals surface area contributed by atoms with Gasteiger partial charge in [-0.3, -0.25) is 25.2 Å². The number of aromatic nitrogens is 1. The summed E-state index contributed by atoms with van der Waals surface area (Å²) in [6, 6.07) is 9.25. The zero-order chi connectivity index (χ0) is 18.7. The number of amides is 2. The minimum absolute atomic E-state index is 0.0152. The average molecular weight is 369 g/mol. The molecule has 3 rings (SSSR count). The van der Waals surface area contributed by atoms with E-state index < -0.39 is 11.8 Å². The number of aromatic amines is 1. The van der Waals surface area contributed by atoms with E-state index in [0.29, 0.717) is 11.1 Å². The molecule has 3 N–H and O–H groups in total. The summed E-state index contributed by atoms with van der Waals surface area (Å²) in [7, 11) is 0. The topological polar surface area (TPSA) is 91.1 Å². The fourth-order valence-corrected chi connectivity index (χ4v) is 3.73. The predicted molar refractivity (Wildman–Crippen MR) is 101 cm³/mol. The average Bonchev–Trinajstić information content (AvgIpc) is 3.20. The van der Waals surface area contributed by atoms with Gasteiger partial charge in [0.15, 0.2) is 5.78 Å². The first-order valence-corrected chi connectivity index (χ1v) is 9.03. The molecule has 0 aliphatic carbocycles. The van der Waals surface area contributed by atoms with Gasteiger partial charge < -0.3 is 4.98 Å². The lowest BCUT2D eigenvalue weighted by Gasteiger charge is -2.06. The van der Waals surface area contributed by atoms with Crippen LogP contribution >= 0.6 is 11.3 Å². The number of hydrogen-bond acceptors (Lipinski definition) is 4. The molecule has 0 spiro atoms. The van der Waals surface area contributed by atoms with Crippen LogP contribution in [0.15, 0.2) is 36.5 Å². The zero-order valence-electron chi connectivity index (χ0n) is 14.5. The van der Waals surface area contributed by atoms with Crippen molar-refractivity contribution in [1.29, 1.82) is 0 Å². The second-order valence-electron chi connectivity index (χ2n) is 6.00. The van der Waals surface area contributed by atoms with Crippen LogP contribution in [0.3, 0.4) is 0 Å². The Hall–Kier alpha value is -2.93. The quantitative estimate of drug-likeness (QED) is 0.476. The lowest BCUT2D eigenvalue weighted by Crippen LogP contribution is -2.41. The highest BCUT2D eigenvalue weighted by atomic mass is 32.1. The summed E-state index contributed by atoms with van der Waals surface area (Å²) >= 11 is 1.56. The van der Waals surface area contributed by atoms with Crippen molar-refractivity contribution in [3.63, 3.8) is 0 Å². The highest BCUT2D eigenvalue weighted by Gasteiger charge is 2.15. The van der Waals surface area contributed by atoms with Crippen molar-refractivity contribution in [2.45, 2.75) is 26.7 Å². The minimum atomic E-state index is -0.411. The first-order chi connectivity index (χ1) is 12.5. The highest BCUT2D eigenvalue weighted by molar-refractivity contribution is 7.12. The summed E-state index contributed by atoms with van der Waals surface area (Å²) in [4.78, 5) is 41.4. The van der Waals surface area contributed by atoms with Gasteiger partial charge in [-0.25, -0.2) is 0 Å². The third kappa shape index (κ3) is 3.83. The molecule has 7 heteroatoms. The molecule has 6 nitrogen and oxygen atoms in total. The number of aryl methyl sites for hydroxylation is 2. The number of carbonyl (C=O) groups excluding carboxylic acids is 3. The van der Waals surface area contributed by atoms with Crippen LogP contribution in [0, 0.1) is 13.8 Å². The number of para-hydroxylation sites is 1. The van der Waals surface area contributed by atoms with Gasteiger partial charge in [0.1, 0.15) is 0 Å². The first-order valence-electron chi connectivity index (χ1n) is 8.21. The lowest BCUT2D eigenvalue weighted by atomic mass is 10.1. The van der Waals surface area contributed by atoms with E-state index in [1.807, 2.05) is 44.2 Å². The fraction of sp³-hybridized carbons (Fsp3) is 0.211. The van der Waals surface area contributed by atoms with Crippen LogP contribution in [0.4, 0.5) is 0 Å². The number of H-pyrrole nitrogens is 1.